The molecule has 0 aliphatic rings. The van der Waals surface area contributed by atoms with Crippen LogP contribution in [-0.4, -0.2) is 9.67 Å². The first-order chi connectivity index (χ1) is 7.28. The van der Waals surface area contributed by atoms with E-state index < -0.39 is 0 Å². The van der Waals surface area contributed by atoms with Crippen LogP contribution in [0.5, 0.6) is 0 Å². The monoisotopic (exact) mass is 221 g/mol. The van der Waals surface area contributed by atoms with Crippen LogP contribution in [0.25, 0.3) is 0 Å². The molecule has 1 N–H and O–H groups in total. The Bertz CT molecular complexity index is 450. The fraction of sp³-hybridized carbons (Fsp3) is 0.167. The zero-order chi connectivity index (χ0) is 10.7. The largest absolute Gasteiger partial charge is 0.376 e. The number of benzene rings is 1. The molecule has 0 saturated heterocycles. The molecule has 0 fully saturated rings. The summed E-state index contributed by atoms with van der Waals surface area (Å²) in [5.41, 5.74) is 2.35. The molecule has 2 aromatic rings. The average Bonchev–Trinajstić information content (AvgIpc) is 2.65. The predicted octanol–water partition coefficient (Wildman–Crippen LogP) is 2.68. The SMILES string of the molecule is OCn1ccc(Cc2cccc(Cl)c2)c1. The fourth-order valence-electron chi connectivity index (χ4n) is 1.57. The van der Waals surface area contributed by atoms with Gasteiger partial charge in [0.15, 0.2) is 0 Å². The minimum absolute atomic E-state index is 0.0234. The second-order valence-corrected chi connectivity index (χ2v) is 3.92. The van der Waals surface area contributed by atoms with Crippen molar-refractivity contribution in [1.82, 2.24) is 4.57 Å². The van der Waals surface area contributed by atoms with E-state index in [1.54, 1.807) is 4.57 Å². The van der Waals surface area contributed by atoms with Gasteiger partial charge < -0.3 is 9.67 Å². The topological polar surface area (TPSA) is 25.2 Å². The van der Waals surface area contributed by atoms with Crippen LogP contribution in [0.3, 0.4) is 0 Å². The Balaban J connectivity index is 2.14. The van der Waals surface area contributed by atoms with Gasteiger partial charge in [0.2, 0.25) is 0 Å². The normalized spacial score (nSPS) is 10.5. The van der Waals surface area contributed by atoms with Crippen molar-refractivity contribution in [2.24, 2.45) is 0 Å². The second kappa shape index (κ2) is 4.51. The van der Waals surface area contributed by atoms with Gasteiger partial charge >= 0.3 is 0 Å². The zero-order valence-corrected chi connectivity index (χ0v) is 8.98. The summed E-state index contributed by atoms with van der Waals surface area (Å²) in [6.07, 6.45) is 4.63. The van der Waals surface area contributed by atoms with Crippen molar-refractivity contribution in [3.8, 4) is 0 Å². The van der Waals surface area contributed by atoms with Crippen LogP contribution in [0.1, 0.15) is 11.1 Å². The number of aliphatic hydroxyl groups is 1. The molecule has 2 nitrogen and oxygen atoms in total. The molecule has 15 heavy (non-hydrogen) atoms. The maximum absolute atomic E-state index is 8.90. The van der Waals surface area contributed by atoms with Crippen LogP contribution in [0.2, 0.25) is 5.02 Å². The summed E-state index contributed by atoms with van der Waals surface area (Å²) in [4.78, 5) is 0. The molecule has 2 rings (SSSR count). The minimum Gasteiger partial charge on any atom is -0.376 e. The van der Waals surface area contributed by atoms with Crippen molar-refractivity contribution < 1.29 is 5.11 Å². The Hall–Kier alpha value is -1.25. The standard InChI is InChI=1S/C12H12ClNO/c13-12-3-1-2-10(7-12)6-11-4-5-14(8-11)9-15/h1-5,7-8,15H,6,9H2. The highest BCUT2D eigenvalue weighted by Crippen LogP contribution is 2.14. The molecular weight excluding hydrogens is 210 g/mol. The second-order valence-electron chi connectivity index (χ2n) is 3.48. The summed E-state index contributed by atoms with van der Waals surface area (Å²) >= 11 is 5.90. The first kappa shape index (κ1) is 10.3. The van der Waals surface area contributed by atoms with E-state index in [4.69, 9.17) is 16.7 Å². The third kappa shape index (κ3) is 2.61. The lowest BCUT2D eigenvalue weighted by atomic mass is 10.1. The fourth-order valence-corrected chi connectivity index (χ4v) is 1.78. The predicted molar refractivity (Wildman–Crippen MR) is 60.9 cm³/mol. The van der Waals surface area contributed by atoms with Gasteiger partial charge in [-0.1, -0.05) is 23.7 Å². The van der Waals surface area contributed by atoms with Gasteiger partial charge in [0.25, 0.3) is 0 Å². The lowest BCUT2D eigenvalue weighted by molar-refractivity contribution is 0.211. The van der Waals surface area contributed by atoms with Gasteiger partial charge in [0.1, 0.15) is 6.73 Å². The molecule has 0 aliphatic carbocycles. The molecule has 0 atom stereocenters. The molecular formula is C12H12ClNO. The average molecular weight is 222 g/mol. The Morgan fingerprint density at radius 2 is 2.07 bits per heavy atom. The molecule has 0 bridgehead atoms. The van der Waals surface area contributed by atoms with Crippen molar-refractivity contribution >= 4 is 11.6 Å². The van der Waals surface area contributed by atoms with Crippen LogP contribution < -0.4 is 0 Å². The zero-order valence-electron chi connectivity index (χ0n) is 8.23. The van der Waals surface area contributed by atoms with Crippen LogP contribution in [0, 0.1) is 0 Å². The quantitative estimate of drug-likeness (QED) is 0.847. The summed E-state index contributed by atoms with van der Waals surface area (Å²) in [6.45, 7) is 0.0234. The number of halogens is 1. The number of hydrogen-bond acceptors (Lipinski definition) is 1. The van der Waals surface area contributed by atoms with Gasteiger partial charge in [-0.2, -0.15) is 0 Å². The van der Waals surface area contributed by atoms with E-state index >= 15 is 0 Å². The third-order valence-electron chi connectivity index (χ3n) is 2.27. The first-order valence-electron chi connectivity index (χ1n) is 4.78. The van der Waals surface area contributed by atoms with Gasteiger partial charge in [0, 0.05) is 17.4 Å². The summed E-state index contributed by atoms with van der Waals surface area (Å²) < 4.78 is 1.74. The van der Waals surface area contributed by atoms with Crippen molar-refractivity contribution in [2.75, 3.05) is 0 Å². The lowest BCUT2D eigenvalue weighted by Gasteiger charge is -1.99. The Labute approximate surface area is 93.7 Å². The third-order valence-corrected chi connectivity index (χ3v) is 2.51. The van der Waals surface area contributed by atoms with Gasteiger partial charge in [-0.25, -0.2) is 0 Å². The number of hydrogen-bond donors (Lipinski definition) is 1. The first-order valence-corrected chi connectivity index (χ1v) is 5.15. The van der Waals surface area contributed by atoms with Gasteiger partial charge in [-0.3, -0.25) is 0 Å². The number of aromatic nitrogens is 1. The highest BCUT2D eigenvalue weighted by Gasteiger charge is 1.99. The van der Waals surface area contributed by atoms with Crippen LogP contribution >= 0.6 is 11.6 Å². The van der Waals surface area contributed by atoms with Gasteiger partial charge in [-0.05, 0) is 35.7 Å². The Kier molecular flexibility index (Phi) is 3.09. The van der Waals surface area contributed by atoms with E-state index in [0.29, 0.717) is 0 Å². The molecule has 0 saturated carbocycles. The van der Waals surface area contributed by atoms with Crippen molar-refractivity contribution in [1.29, 1.82) is 0 Å². The summed E-state index contributed by atoms with van der Waals surface area (Å²) in [6, 6.07) is 9.81. The van der Waals surface area contributed by atoms with E-state index in [2.05, 4.69) is 0 Å². The number of rotatable bonds is 3. The molecule has 3 heteroatoms. The molecule has 0 spiro atoms. The minimum atomic E-state index is 0.0234. The molecule has 1 heterocycles. The molecule has 0 radical (unpaired) electrons. The van der Waals surface area contributed by atoms with Gasteiger partial charge in [-0.15, -0.1) is 0 Å². The number of aliphatic hydroxyl groups excluding tert-OH is 1. The molecule has 1 aromatic carbocycles. The smallest absolute Gasteiger partial charge is 0.119 e. The Morgan fingerprint density at radius 1 is 1.20 bits per heavy atom. The molecule has 1 aromatic heterocycles. The maximum Gasteiger partial charge on any atom is 0.119 e. The molecule has 0 amide bonds. The lowest BCUT2D eigenvalue weighted by Crippen LogP contribution is -1.91. The number of nitrogens with zero attached hydrogens (tertiary/aromatic N) is 1. The van der Waals surface area contributed by atoms with E-state index in [-0.39, 0.29) is 6.73 Å². The summed E-state index contributed by atoms with van der Waals surface area (Å²) in [5, 5.41) is 9.66. The summed E-state index contributed by atoms with van der Waals surface area (Å²) in [7, 11) is 0. The van der Waals surface area contributed by atoms with Crippen LogP contribution in [0.15, 0.2) is 42.7 Å². The van der Waals surface area contributed by atoms with Gasteiger partial charge in [0.05, 0.1) is 0 Å². The van der Waals surface area contributed by atoms with E-state index in [1.807, 2.05) is 42.7 Å². The molecule has 78 valence electrons. The summed E-state index contributed by atoms with van der Waals surface area (Å²) in [5.74, 6) is 0. The van der Waals surface area contributed by atoms with Crippen molar-refractivity contribution in [2.45, 2.75) is 13.2 Å². The molecule has 0 aliphatic heterocycles. The van der Waals surface area contributed by atoms with E-state index in [1.165, 1.54) is 11.1 Å². The van der Waals surface area contributed by atoms with E-state index in [0.717, 1.165) is 11.4 Å². The van der Waals surface area contributed by atoms with Crippen molar-refractivity contribution in [3.63, 3.8) is 0 Å². The van der Waals surface area contributed by atoms with Crippen LogP contribution in [0.4, 0.5) is 0 Å². The molecule has 0 unspecified atom stereocenters. The maximum atomic E-state index is 8.90. The Morgan fingerprint density at radius 3 is 2.73 bits per heavy atom. The highest BCUT2D eigenvalue weighted by molar-refractivity contribution is 6.30. The highest BCUT2D eigenvalue weighted by atomic mass is 35.5. The van der Waals surface area contributed by atoms with Crippen LogP contribution in [-0.2, 0) is 13.2 Å². The van der Waals surface area contributed by atoms with Crippen molar-refractivity contribution in [3.05, 3.63) is 58.9 Å². The van der Waals surface area contributed by atoms with E-state index in [9.17, 15) is 0 Å².